The van der Waals surface area contributed by atoms with Crippen LogP contribution in [0.1, 0.15) is 37.0 Å². The van der Waals surface area contributed by atoms with Gasteiger partial charge in [-0.2, -0.15) is 0 Å². The van der Waals surface area contributed by atoms with Gasteiger partial charge in [0.05, 0.1) is 16.9 Å². The molecule has 1 fully saturated rings. The average Bonchev–Trinajstić information content (AvgIpc) is 3.41. The summed E-state index contributed by atoms with van der Waals surface area (Å²) in [6.45, 7) is 4.44. The molecule has 2 aliphatic rings. The van der Waals surface area contributed by atoms with Crippen LogP contribution in [0.4, 0.5) is 0 Å². The van der Waals surface area contributed by atoms with Crippen LogP contribution < -0.4 is 0 Å². The number of ether oxygens (including phenoxy) is 3. The SMILES string of the molecule is CO[C@]1(c2csc(Sc3ccc4c(c3)CC=C4O/C(C)=N/O)c2)CCO[C@@H]1C. The number of allylic oxidation sites excluding steroid dienone is 1. The van der Waals surface area contributed by atoms with Gasteiger partial charge in [-0.15, -0.1) is 11.3 Å². The van der Waals surface area contributed by atoms with Gasteiger partial charge in [0.25, 0.3) is 0 Å². The van der Waals surface area contributed by atoms with Gasteiger partial charge in [-0.3, -0.25) is 0 Å². The predicted octanol–water partition coefficient (Wildman–Crippen LogP) is 5.27. The van der Waals surface area contributed by atoms with Crippen molar-refractivity contribution in [2.45, 2.75) is 47.5 Å². The molecule has 5 nitrogen and oxygen atoms in total. The molecule has 0 saturated carbocycles. The number of nitrogens with zero attached hydrogens (tertiary/aromatic N) is 1. The molecule has 1 aromatic heterocycles. The highest BCUT2D eigenvalue weighted by molar-refractivity contribution is 8.01. The molecular weight excluding hydrogens is 394 g/mol. The molecule has 1 aliphatic heterocycles. The van der Waals surface area contributed by atoms with Gasteiger partial charge in [0, 0.05) is 30.9 Å². The van der Waals surface area contributed by atoms with Crippen LogP contribution in [0, 0.1) is 0 Å². The van der Waals surface area contributed by atoms with E-state index in [4.69, 9.17) is 19.4 Å². The second-order valence-electron chi connectivity index (χ2n) is 6.93. The van der Waals surface area contributed by atoms with Crippen molar-refractivity contribution in [3.05, 3.63) is 52.4 Å². The van der Waals surface area contributed by atoms with Crippen LogP contribution in [0.5, 0.6) is 0 Å². The van der Waals surface area contributed by atoms with Crippen molar-refractivity contribution in [2.75, 3.05) is 13.7 Å². The first-order valence-corrected chi connectivity index (χ1v) is 10.9. The molecule has 1 aromatic carbocycles. The van der Waals surface area contributed by atoms with Crippen molar-refractivity contribution in [2.24, 2.45) is 5.16 Å². The molecule has 0 unspecified atom stereocenters. The molecular formula is C21H23NO4S2. The zero-order chi connectivity index (χ0) is 19.7. The van der Waals surface area contributed by atoms with Gasteiger partial charge in [-0.25, -0.2) is 0 Å². The van der Waals surface area contributed by atoms with Gasteiger partial charge in [0.2, 0.25) is 5.90 Å². The van der Waals surface area contributed by atoms with Gasteiger partial charge in [0.1, 0.15) is 11.4 Å². The Balaban J connectivity index is 1.50. The minimum absolute atomic E-state index is 0.0559. The van der Waals surface area contributed by atoms with E-state index >= 15 is 0 Å². The number of fused-ring (bicyclic) bond motifs is 1. The van der Waals surface area contributed by atoms with Gasteiger partial charge in [-0.1, -0.05) is 16.9 Å². The van der Waals surface area contributed by atoms with Crippen LogP contribution in [-0.4, -0.2) is 30.9 Å². The van der Waals surface area contributed by atoms with E-state index in [0.29, 0.717) is 0 Å². The number of hydrogen-bond donors (Lipinski definition) is 1. The number of oxime groups is 1. The van der Waals surface area contributed by atoms with E-state index in [9.17, 15) is 0 Å². The van der Waals surface area contributed by atoms with E-state index in [1.165, 1.54) is 20.2 Å². The molecule has 2 aromatic rings. The minimum atomic E-state index is -0.338. The van der Waals surface area contributed by atoms with E-state index in [0.717, 1.165) is 30.8 Å². The first-order chi connectivity index (χ1) is 13.6. The van der Waals surface area contributed by atoms with E-state index in [2.05, 4.69) is 41.7 Å². The second-order valence-corrected chi connectivity index (χ2v) is 9.21. The molecule has 0 bridgehead atoms. The number of thiophene rings is 1. The van der Waals surface area contributed by atoms with Crippen molar-refractivity contribution in [1.82, 2.24) is 0 Å². The first-order valence-electron chi connectivity index (χ1n) is 9.19. The molecule has 0 spiro atoms. The molecule has 148 valence electrons. The smallest absolute Gasteiger partial charge is 0.228 e. The lowest BCUT2D eigenvalue weighted by atomic mass is 9.90. The Morgan fingerprint density at radius 3 is 2.96 bits per heavy atom. The quantitative estimate of drug-likeness (QED) is 0.311. The fraction of sp³-hybridized carbons (Fsp3) is 0.381. The summed E-state index contributed by atoms with van der Waals surface area (Å²) >= 11 is 3.50. The molecule has 1 aliphatic carbocycles. The Morgan fingerprint density at radius 1 is 1.39 bits per heavy atom. The molecule has 1 saturated heterocycles. The summed E-state index contributed by atoms with van der Waals surface area (Å²) < 4.78 is 18.5. The summed E-state index contributed by atoms with van der Waals surface area (Å²) in [4.78, 5) is 1.19. The van der Waals surface area contributed by atoms with Gasteiger partial charge >= 0.3 is 0 Å². The average molecular weight is 418 g/mol. The van der Waals surface area contributed by atoms with Crippen LogP contribution in [-0.2, 0) is 26.2 Å². The largest absolute Gasteiger partial charge is 0.440 e. The Labute approximate surface area is 173 Å². The van der Waals surface area contributed by atoms with Crippen LogP contribution in [0.25, 0.3) is 5.76 Å². The number of rotatable bonds is 5. The maximum Gasteiger partial charge on any atom is 0.228 e. The molecule has 1 N–H and O–H groups in total. The fourth-order valence-electron chi connectivity index (χ4n) is 3.83. The molecule has 28 heavy (non-hydrogen) atoms. The Morgan fingerprint density at radius 2 is 2.25 bits per heavy atom. The van der Waals surface area contributed by atoms with E-state index in [1.54, 1.807) is 37.1 Å². The molecule has 4 rings (SSSR count). The van der Waals surface area contributed by atoms with Crippen LogP contribution in [0.15, 0.2) is 50.0 Å². The lowest BCUT2D eigenvalue weighted by Gasteiger charge is -2.30. The van der Waals surface area contributed by atoms with Crippen molar-refractivity contribution in [3.8, 4) is 0 Å². The monoisotopic (exact) mass is 417 g/mol. The Kier molecular flexibility index (Phi) is 5.51. The third kappa shape index (κ3) is 3.48. The normalized spacial score (nSPS) is 24.3. The number of hydrogen-bond acceptors (Lipinski definition) is 7. The second kappa shape index (κ2) is 7.91. The summed E-state index contributed by atoms with van der Waals surface area (Å²) in [5.41, 5.74) is 3.13. The van der Waals surface area contributed by atoms with Crippen LogP contribution in [0.2, 0.25) is 0 Å². The highest BCUT2D eigenvalue weighted by Crippen LogP contribution is 2.44. The molecule has 2 heterocycles. The maximum atomic E-state index is 8.80. The number of benzene rings is 1. The van der Waals surface area contributed by atoms with Gasteiger partial charge < -0.3 is 19.4 Å². The maximum absolute atomic E-state index is 8.80. The highest BCUT2D eigenvalue weighted by atomic mass is 32.2. The van der Waals surface area contributed by atoms with Crippen LogP contribution >= 0.6 is 23.1 Å². The van der Waals surface area contributed by atoms with Gasteiger partial charge in [-0.05, 0) is 60.2 Å². The fourth-order valence-corrected chi connectivity index (χ4v) is 5.92. The summed E-state index contributed by atoms with van der Waals surface area (Å²) in [6, 6.07) is 8.60. The minimum Gasteiger partial charge on any atom is -0.440 e. The summed E-state index contributed by atoms with van der Waals surface area (Å²) in [5.74, 6) is 0.985. The van der Waals surface area contributed by atoms with E-state index in [1.807, 2.05) is 6.08 Å². The molecule has 2 atom stereocenters. The third-order valence-corrected chi connectivity index (χ3v) is 7.46. The summed E-state index contributed by atoms with van der Waals surface area (Å²) in [5, 5.41) is 14.1. The molecule has 7 heteroatoms. The van der Waals surface area contributed by atoms with Crippen molar-refractivity contribution in [1.29, 1.82) is 0 Å². The predicted molar refractivity (Wildman–Crippen MR) is 111 cm³/mol. The van der Waals surface area contributed by atoms with Crippen molar-refractivity contribution >= 4 is 34.8 Å². The third-order valence-electron chi connectivity index (χ3n) is 5.39. The first kappa shape index (κ1) is 19.5. The number of methoxy groups -OCH3 is 1. The van der Waals surface area contributed by atoms with Crippen molar-refractivity contribution in [3.63, 3.8) is 0 Å². The zero-order valence-electron chi connectivity index (χ0n) is 16.1. The summed E-state index contributed by atoms with van der Waals surface area (Å²) in [7, 11) is 1.77. The Hall–Kier alpha value is -1.80. The topological polar surface area (TPSA) is 60.3 Å². The van der Waals surface area contributed by atoms with E-state index < -0.39 is 0 Å². The van der Waals surface area contributed by atoms with Crippen molar-refractivity contribution < 1.29 is 19.4 Å². The molecule has 0 amide bonds. The summed E-state index contributed by atoms with van der Waals surface area (Å²) in [6.07, 6.45) is 3.77. The van der Waals surface area contributed by atoms with E-state index in [-0.39, 0.29) is 17.6 Å². The Bertz CT molecular complexity index is 936. The lowest BCUT2D eigenvalue weighted by Crippen LogP contribution is -2.35. The molecule has 0 radical (unpaired) electrons. The standard InChI is InChI=1S/C21H23NO4S2/c1-13-21(24-3,8-9-25-13)16-11-20(27-12-16)28-17-5-6-18-15(10-17)4-7-19(18)26-14(2)22-23/h5-7,10-13,23H,4,8-9H2,1-3H3/b22-14+/t13-,21-/m1/s1. The lowest BCUT2D eigenvalue weighted by molar-refractivity contribution is -0.0645. The highest BCUT2D eigenvalue weighted by Gasteiger charge is 2.44. The van der Waals surface area contributed by atoms with Crippen LogP contribution in [0.3, 0.4) is 0 Å². The van der Waals surface area contributed by atoms with Gasteiger partial charge in [0.15, 0.2) is 0 Å². The zero-order valence-corrected chi connectivity index (χ0v) is 17.7.